The number of carbonyl (C=O) groups excluding carboxylic acids is 1. The monoisotopic (exact) mass is 360 g/mol. The molecule has 126 valence electrons. The van der Waals surface area contributed by atoms with Crippen LogP contribution >= 0.6 is 11.6 Å². The standard InChI is InChI=1S/C17H11ClF2N4O/c18-13-7-12(4-5-14(13)20)24-17(25)15-8-16(22-9-21-15)23-11-3-1-2-10(19)6-11/h1-9H,(H,24,25)(H,21,22,23). The molecule has 0 bridgehead atoms. The second kappa shape index (κ2) is 7.23. The van der Waals surface area contributed by atoms with Gasteiger partial charge in [-0.25, -0.2) is 18.7 Å². The number of nitrogens with zero attached hydrogens (tertiary/aromatic N) is 2. The number of halogens is 3. The molecule has 25 heavy (non-hydrogen) atoms. The van der Waals surface area contributed by atoms with E-state index in [1.165, 1.54) is 36.7 Å². The third-order valence-electron chi connectivity index (χ3n) is 3.17. The highest BCUT2D eigenvalue weighted by Crippen LogP contribution is 2.20. The minimum Gasteiger partial charge on any atom is -0.340 e. The van der Waals surface area contributed by atoms with Crippen molar-refractivity contribution in [2.75, 3.05) is 10.6 Å². The summed E-state index contributed by atoms with van der Waals surface area (Å²) in [6.07, 6.45) is 1.20. The van der Waals surface area contributed by atoms with Crippen LogP contribution in [-0.4, -0.2) is 15.9 Å². The number of amides is 1. The van der Waals surface area contributed by atoms with E-state index in [2.05, 4.69) is 20.6 Å². The quantitative estimate of drug-likeness (QED) is 0.723. The van der Waals surface area contributed by atoms with Crippen LogP contribution in [0.15, 0.2) is 54.9 Å². The highest BCUT2D eigenvalue weighted by atomic mass is 35.5. The van der Waals surface area contributed by atoms with Crippen molar-refractivity contribution in [3.05, 3.63) is 77.2 Å². The minimum atomic E-state index is -0.580. The number of hydrogen-bond acceptors (Lipinski definition) is 4. The SMILES string of the molecule is O=C(Nc1ccc(F)c(Cl)c1)c1cc(Nc2cccc(F)c2)ncn1. The molecule has 2 N–H and O–H groups in total. The molecule has 0 unspecified atom stereocenters. The fourth-order valence-electron chi connectivity index (χ4n) is 2.03. The molecule has 0 spiro atoms. The summed E-state index contributed by atoms with van der Waals surface area (Å²) in [4.78, 5) is 20.1. The van der Waals surface area contributed by atoms with E-state index in [1.54, 1.807) is 12.1 Å². The number of aromatic nitrogens is 2. The lowest BCUT2D eigenvalue weighted by atomic mass is 10.3. The van der Waals surface area contributed by atoms with E-state index < -0.39 is 17.5 Å². The Morgan fingerprint density at radius 2 is 1.84 bits per heavy atom. The smallest absolute Gasteiger partial charge is 0.274 e. The van der Waals surface area contributed by atoms with Gasteiger partial charge >= 0.3 is 0 Å². The third kappa shape index (κ3) is 4.27. The van der Waals surface area contributed by atoms with Crippen molar-refractivity contribution in [2.24, 2.45) is 0 Å². The van der Waals surface area contributed by atoms with Crippen LogP contribution in [-0.2, 0) is 0 Å². The van der Waals surface area contributed by atoms with Gasteiger partial charge < -0.3 is 10.6 Å². The first kappa shape index (κ1) is 16.8. The van der Waals surface area contributed by atoms with Gasteiger partial charge in [-0.05, 0) is 36.4 Å². The molecule has 0 saturated heterocycles. The molecule has 0 atom stereocenters. The Kier molecular flexibility index (Phi) is 4.85. The van der Waals surface area contributed by atoms with Gasteiger partial charge in [-0.3, -0.25) is 4.79 Å². The average molecular weight is 361 g/mol. The number of benzene rings is 2. The summed E-state index contributed by atoms with van der Waals surface area (Å²) in [6.45, 7) is 0. The number of anilines is 3. The molecule has 5 nitrogen and oxygen atoms in total. The fourth-order valence-corrected chi connectivity index (χ4v) is 2.21. The molecule has 2 aromatic carbocycles. The van der Waals surface area contributed by atoms with Crippen LogP contribution in [0.2, 0.25) is 5.02 Å². The van der Waals surface area contributed by atoms with E-state index in [-0.39, 0.29) is 10.7 Å². The molecule has 8 heteroatoms. The fraction of sp³-hybridized carbons (Fsp3) is 0. The molecule has 3 rings (SSSR count). The largest absolute Gasteiger partial charge is 0.340 e. The van der Waals surface area contributed by atoms with E-state index >= 15 is 0 Å². The third-order valence-corrected chi connectivity index (χ3v) is 3.46. The number of hydrogen-bond donors (Lipinski definition) is 2. The van der Waals surface area contributed by atoms with Crippen molar-refractivity contribution in [1.82, 2.24) is 9.97 Å². The normalized spacial score (nSPS) is 10.4. The van der Waals surface area contributed by atoms with Crippen LogP contribution in [0.25, 0.3) is 0 Å². The summed E-state index contributed by atoms with van der Waals surface area (Å²) >= 11 is 5.68. The maximum absolute atomic E-state index is 13.2. The molecule has 1 heterocycles. The number of carbonyl (C=O) groups is 1. The average Bonchev–Trinajstić information content (AvgIpc) is 2.58. The van der Waals surface area contributed by atoms with Gasteiger partial charge in [0.1, 0.15) is 29.5 Å². The van der Waals surface area contributed by atoms with Gasteiger partial charge in [0.05, 0.1) is 5.02 Å². The molecule has 1 amide bonds. The van der Waals surface area contributed by atoms with Crippen molar-refractivity contribution in [3.63, 3.8) is 0 Å². The molecule has 0 radical (unpaired) electrons. The van der Waals surface area contributed by atoms with Crippen molar-refractivity contribution < 1.29 is 13.6 Å². The number of nitrogens with one attached hydrogen (secondary N) is 2. The van der Waals surface area contributed by atoms with Crippen molar-refractivity contribution in [2.45, 2.75) is 0 Å². The van der Waals surface area contributed by atoms with Gasteiger partial charge in [-0.1, -0.05) is 17.7 Å². The second-order valence-electron chi connectivity index (χ2n) is 5.01. The van der Waals surface area contributed by atoms with Crippen LogP contribution in [0.4, 0.5) is 26.0 Å². The van der Waals surface area contributed by atoms with Crippen LogP contribution in [0.3, 0.4) is 0 Å². The first-order valence-corrected chi connectivity index (χ1v) is 7.50. The Labute approximate surface area is 146 Å². The lowest BCUT2D eigenvalue weighted by molar-refractivity contribution is 0.102. The Morgan fingerprint density at radius 1 is 1.00 bits per heavy atom. The Balaban J connectivity index is 1.76. The highest BCUT2D eigenvalue weighted by molar-refractivity contribution is 6.31. The summed E-state index contributed by atoms with van der Waals surface area (Å²) in [5.74, 6) is -1.18. The molecular weight excluding hydrogens is 350 g/mol. The molecular formula is C17H11ClF2N4O. The van der Waals surface area contributed by atoms with Crippen molar-refractivity contribution in [3.8, 4) is 0 Å². The molecule has 0 fully saturated rings. The Morgan fingerprint density at radius 3 is 2.60 bits per heavy atom. The molecule has 0 aliphatic rings. The zero-order valence-corrected chi connectivity index (χ0v) is 13.4. The van der Waals surface area contributed by atoms with Crippen LogP contribution in [0.5, 0.6) is 0 Å². The van der Waals surface area contributed by atoms with Crippen LogP contribution < -0.4 is 10.6 Å². The van der Waals surface area contributed by atoms with Gasteiger partial charge in [0.15, 0.2) is 0 Å². The second-order valence-corrected chi connectivity index (χ2v) is 5.41. The summed E-state index contributed by atoms with van der Waals surface area (Å²) < 4.78 is 26.4. The minimum absolute atomic E-state index is 0.0781. The molecule has 0 aliphatic heterocycles. The Bertz CT molecular complexity index is 936. The van der Waals surface area contributed by atoms with Gasteiger partial charge in [-0.2, -0.15) is 0 Å². The zero-order valence-electron chi connectivity index (χ0n) is 12.6. The lowest BCUT2D eigenvalue weighted by Crippen LogP contribution is -2.14. The maximum atomic E-state index is 13.2. The predicted molar refractivity (Wildman–Crippen MR) is 91.1 cm³/mol. The van der Waals surface area contributed by atoms with E-state index in [0.29, 0.717) is 17.2 Å². The van der Waals surface area contributed by atoms with Gasteiger partial charge in [0.25, 0.3) is 5.91 Å². The Hall–Kier alpha value is -3.06. The predicted octanol–water partition coefficient (Wildman–Crippen LogP) is 4.40. The number of rotatable bonds is 4. The van der Waals surface area contributed by atoms with E-state index in [0.717, 1.165) is 6.07 Å². The first-order valence-electron chi connectivity index (χ1n) is 7.12. The van der Waals surface area contributed by atoms with E-state index in [1.807, 2.05) is 0 Å². The van der Waals surface area contributed by atoms with Gasteiger partial charge in [0.2, 0.25) is 0 Å². The molecule has 0 aliphatic carbocycles. The molecule has 0 saturated carbocycles. The summed E-state index contributed by atoms with van der Waals surface area (Å²) in [5, 5.41) is 5.33. The summed E-state index contributed by atoms with van der Waals surface area (Å²) in [7, 11) is 0. The highest BCUT2D eigenvalue weighted by Gasteiger charge is 2.11. The summed E-state index contributed by atoms with van der Waals surface area (Å²) in [5.41, 5.74) is 0.888. The topological polar surface area (TPSA) is 66.9 Å². The van der Waals surface area contributed by atoms with Crippen LogP contribution in [0.1, 0.15) is 10.5 Å². The van der Waals surface area contributed by atoms with Crippen molar-refractivity contribution >= 4 is 34.7 Å². The van der Waals surface area contributed by atoms with Gasteiger partial charge in [0, 0.05) is 17.4 Å². The van der Waals surface area contributed by atoms with E-state index in [4.69, 9.17) is 11.6 Å². The van der Waals surface area contributed by atoms with Crippen molar-refractivity contribution in [1.29, 1.82) is 0 Å². The first-order chi connectivity index (χ1) is 12.0. The molecule has 1 aromatic heterocycles. The molecule has 3 aromatic rings. The summed E-state index contributed by atoms with van der Waals surface area (Å²) in [6, 6.07) is 11.0. The lowest BCUT2D eigenvalue weighted by Gasteiger charge is -2.08. The maximum Gasteiger partial charge on any atom is 0.274 e. The van der Waals surface area contributed by atoms with Crippen LogP contribution in [0, 0.1) is 11.6 Å². The zero-order chi connectivity index (χ0) is 17.8. The van der Waals surface area contributed by atoms with E-state index in [9.17, 15) is 13.6 Å². The van der Waals surface area contributed by atoms with Gasteiger partial charge in [-0.15, -0.1) is 0 Å².